The molecular weight excluding hydrogens is 336 g/mol. The number of ether oxygens (including phenoxy) is 2. The number of rotatable bonds is 7. The van der Waals surface area contributed by atoms with Gasteiger partial charge in [0.2, 0.25) is 0 Å². The molecule has 1 saturated carbocycles. The second kappa shape index (κ2) is 9.36. The third-order valence-electron chi connectivity index (χ3n) is 5.78. The smallest absolute Gasteiger partial charge is 0.119 e. The first-order valence-electron chi connectivity index (χ1n) is 10.2. The Bertz CT molecular complexity index is 683. The summed E-state index contributed by atoms with van der Waals surface area (Å²) < 4.78 is 11.5. The van der Waals surface area contributed by atoms with Gasteiger partial charge in [-0.05, 0) is 42.0 Å². The molecule has 4 heteroatoms. The number of morpholine rings is 1. The Balaban J connectivity index is 1.25. The highest BCUT2D eigenvalue weighted by Crippen LogP contribution is 2.29. The van der Waals surface area contributed by atoms with Crippen molar-refractivity contribution in [2.45, 2.75) is 44.5 Å². The van der Waals surface area contributed by atoms with Gasteiger partial charge in [-0.3, -0.25) is 0 Å². The Hall–Kier alpha value is -1.88. The minimum Gasteiger partial charge on any atom is -0.489 e. The van der Waals surface area contributed by atoms with Crippen molar-refractivity contribution in [3.8, 4) is 5.75 Å². The molecular formula is C23H30N2O2. The number of nitrogens with one attached hydrogen (secondary N) is 2. The lowest BCUT2D eigenvalue weighted by atomic mass is 9.94. The van der Waals surface area contributed by atoms with E-state index in [0.717, 1.165) is 32.1 Å². The van der Waals surface area contributed by atoms with Crippen LogP contribution in [0.25, 0.3) is 0 Å². The number of benzene rings is 2. The van der Waals surface area contributed by atoms with Crippen molar-refractivity contribution < 1.29 is 9.47 Å². The molecule has 144 valence electrons. The Labute approximate surface area is 162 Å². The van der Waals surface area contributed by atoms with Crippen molar-refractivity contribution in [2.24, 2.45) is 5.92 Å². The van der Waals surface area contributed by atoms with E-state index in [2.05, 4.69) is 34.9 Å². The lowest BCUT2D eigenvalue weighted by molar-refractivity contribution is 0.0524. The predicted octanol–water partition coefficient (Wildman–Crippen LogP) is 3.51. The summed E-state index contributed by atoms with van der Waals surface area (Å²) in [7, 11) is 0. The standard InChI is InChI=1S/C23H30N2O2/c1-2-5-20(6-3-1)27-16-19-11-9-18(10-12-19)15-25-22-8-4-7-21(22)23-17-26-14-13-24-23/h1-3,5-6,9-12,21-25H,4,7-8,13-17H2. The van der Waals surface area contributed by atoms with Gasteiger partial charge in [-0.25, -0.2) is 0 Å². The van der Waals surface area contributed by atoms with Crippen LogP contribution in [0.2, 0.25) is 0 Å². The average Bonchev–Trinajstić information content (AvgIpc) is 3.21. The second-order valence-electron chi connectivity index (χ2n) is 7.64. The van der Waals surface area contributed by atoms with Crippen LogP contribution in [0.1, 0.15) is 30.4 Å². The van der Waals surface area contributed by atoms with Crippen molar-refractivity contribution in [3.63, 3.8) is 0 Å². The quantitative estimate of drug-likeness (QED) is 0.787. The lowest BCUT2D eigenvalue weighted by Crippen LogP contribution is -2.50. The summed E-state index contributed by atoms with van der Waals surface area (Å²) in [5, 5.41) is 7.44. The van der Waals surface area contributed by atoms with Crippen molar-refractivity contribution in [1.29, 1.82) is 0 Å². The van der Waals surface area contributed by atoms with E-state index in [9.17, 15) is 0 Å². The Morgan fingerprint density at radius 1 is 1.00 bits per heavy atom. The molecule has 2 N–H and O–H groups in total. The van der Waals surface area contributed by atoms with Gasteiger partial charge < -0.3 is 20.1 Å². The minimum atomic E-state index is 0.510. The molecule has 2 aromatic rings. The fourth-order valence-electron chi connectivity index (χ4n) is 4.27. The van der Waals surface area contributed by atoms with Gasteiger partial charge in [-0.2, -0.15) is 0 Å². The summed E-state index contributed by atoms with van der Waals surface area (Å²) in [6.07, 6.45) is 3.89. The molecule has 3 unspecified atom stereocenters. The van der Waals surface area contributed by atoms with Gasteiger partial charge in [-0.15, -0.1) is 0 Å². The van der Waals surface area contributed by atoms with E-state index >= 15 is 0 Å². The molecule has 4 nitrogen and oxygen atoms in total. The van der Waals surface area contributed by atoms with Gasteiger partial charge >= 0.3 is 0 Å². The van der Waals surface area contributed by atoms with Crippen LogP contribution in [-0.4, -0.2) is 31.8 Å². The van der Waals surface area contributed by atoms with Crippen LogP contribution in [0.5, 0.6) is 5.75 Å². The largest absolute Gasteiger partial charge is 0.489 e. The minimum absolute atomic E-state index is 0.510. The van der Waals surface area contributed by atoms with Crippen LogP contribution in [0, 0.1) is 5.92 Å². The van der Waals surface area contributed by atoms with Crippen LogP contribution in [-0.2, 0) is 17.9 Å². The van der Waals surface area contributed by atoms with Gasteiger partial charge in [0, 0.05) is 25.2 Å². The molecule has 2 fully saturated rings. The van der Waals surface area contributed by atoms with E-state index in [1.165, 1.54) is 30.4 Å². The summed E-state index contributed by atoms with van der Waals surface area (Å²) in [6, 6.07) is 19.8. The van der Waals surface area contributed by atoms with Gasteiger partial charge in [0.1, 0.15) is 12.4 Å². The second-order valence-corrected chi connectivity index (χ2v) is 7.64. The predicted molar refractivity (Wildman–Crippen MR) is 108 cm³/mol. The highest BCUT2D eigenvalue weighted by Gasteiger charge is 2.34. The zero-order valence-electron chi connectivity index (χ0n) is 15.9. The molecule has 0 radical (unpaired) electrons. The maximum absolute atomic E-state index is 5.82. The maximum atomic E-state index is 5.82. The fraction of sp³-hybridized carbons (Fsp3) is 0.478. The molecule has 2 aliphatic rings. The topological polar surface area (TPSA) is 42.5 Å². The van der Waals surface area contributed by atoms with E-state index in [1.807, 2.05) is 30.3 Å². The van der Waals surface area contributed by atoms with Crippen molar-refractivity contribution in [1.82, 2.24) is 10.6 Å². The van der Waals surface area contributed by atoms with Crippen LogP contribution >= 0.6 is 0 Å². The number of hydrogen-bond donors (Lipinski definition) is 2. The zero-order chi connectivity index (χ0) is 18.3. The number of para-hydroxylation sites is 1. The molecule has 1 aliphatic heterocycles. The van der Waals surface area contributed by atoms with E-state index in [0.29, 0.717) is 24.6 Å². The Morgan fingerprint density at radius 2 is 1.81 bits per heavy atom. The first kappa shape index (κ1) is 18.5. The maximum Gasteiger partial charge on any atom is 0.119 e. The van der Waals surface area contributed by atoms with Crippen molar-refractivity contribution in [2.75, 3.05) is 19.8 Å². The van der Waals surface area contributed by atoms with Crippen LogP contribution in [0.4, 0.5) is 0 Å². The summed E-state index contributed by atoms with van der Waals surface area (Å²) in [6.45, 7) is 4.23. The lowest BCUT2D eigenvalue weighted by Gasteiger charge is -2.33. The molecule has 1 aliphatic carbocycles. The number of hydrogen-bond acceptors (Lipinski definition) is 4. The molecule has 2 aromatic carbocycles. The van der Waals surface area contributed by atoms with E-state index < -0.39 is 0 Å². The molecule has 1 saturated heterocycles. The van der Waals surface area contributed by atoms with Crippen molar-refractivity contribution in [3.05, 3.63) is 65.7 Å². The summed E-state index contributed by atoms with van der Waals surface area (Å²) in [5.74, 6) is 1.60. The molecule has 3 atom stereocenters. The van der Waals surface area contributed by atoms with Crippen LogP contribution < -0.4 is 15.4 Å². The van der Waals surface area contributed by atoms with Gasteiger partial charge in [-0.1, -0.05) is 48.9 Å². The highest BCUT2D eigenvalue weighted by molar-refractivity contribution is 5.24. The van der Waals surface area contributed by atoms with E-state index in [4.69, 9.17) is 9.47 Å². The monoisotopic (exact) mass is 366 g/mol. The van der Waals surface area contributed by atoms with Crippen LogP contribution in [0.15, 0.2) is 54.6 Å². The summed E-state index contributed by atoms with van der Waals surface area (Å²) in [4.78, 5) is 0. The first-order chi connectivity index (χ1) is 13.4. The highest BCUT2D eigenvalue weighted by atomic mass is 16.5. The molecule has 0 aromatic heterocycles. The molecule has 27 heavy (non-hydrogen) atoms. The molecule has 4 rings (SSSR count). The average molecular weight is 367 g/mol. The zero-order valence-corrected chi connectivity index (χ0v) is 15.9. The Morgan fingerprint density at radius 3 is 2.59 bits per heavy atom. The van der Waals surface area contributed by atoms with Gasteiger partial charge in [0.25, 0.3) is 0 Å². The van der Waals surface area contributed by atoms with E-state index in [-0.39, 0.29) is 0 Å². The molecule has 0 amide bonds. The molecule has 0 bridgehead atoms. The summed E-state index contributed by atoms with van der Waals surface area (Å²) in [5.41, 5.74) is 2.53. The van der Waals surface area contributed by atoms with Gasteiger partial charge in [0.05, 0.1) is 13.2 Å². The fourth-order valence-corrected chi connectivity index (χ4v) is 4.27. The third-order valence-corrected chi connectivity index (χ3v) is 5.78. The molecule has 0 spiro atoms. The Kier molecular flexibility index (Phi) is 6.40. The van der Waals surface area contributed by atoms with Crippen molar-refractivity contribution >= 4 is 0 Å². The third kappa shape index (κ3) is 5.10. The first-order valence-corrected chi connectivity index (χ1v) is 10.2. The SMILES string of the molecule is c1ccc(OCc2ccc(CNC3CCCC3C3COCCN3)cc2)cc1. The molecule has 1 heterocycles. The normalized spacial score (nSPS) is 25.4. The van der Waals surface area contributed by atoms with E-state index in [1.54, 1.807) is 0 Å². The van der Waals surface area contributed by atoms with Crippen LogP contribution in [0.3, 0.4) is 0 Å². The summed E-state index contributed by atoms with van der Waals surface area (Å²) >= 11 is 0. The van der Waals surface area contributed by atoms with Gasteiger partial charge in [0.15, 0.2) is 0 Å².